The lowest BCUT2D eigenvalue weighted by Crippen LogP contribution is -2.55. The highest BCUT2D eigenvalue weighted by molar-refractivity contribution is 5.85. The van der Waals surface area contributed by atoms with Gasteiger partial charge >= 0.3 is 0 Å². The van der Waals surface area contributed by atoms with Crippen LogP contribution in [0.2, 0.25) is 0 Å². The number of rotatable bonds is 4. The van der Waals surface area contributed by atoms with Gasteiger partial charge in [-0.3, -0.25) is 4.79 Å². The second-order valence-electron chi connectivity index (χ2n) is 5.25. The monoisotopic (exact) mass is 360 g/mol. The van der Waals surface area contributed by atoms with Gasteiger partial charge in [-0.25, -0.2) is 4.98 Å². The first-order valence-electron chi connectivity index (χ1n) is 7.30. The van der Waals surface area contributed by atoms with Crippen molar-refractivity contribution in [1.29, 1.82) is 0 Å². The number of morpholine rings is 1. The predicted molar refractivity (Wildman–Crippen MR) is 94.5 cm³/mol. The number of nitrogens with one attached hydrogen (secondary N) is 3. The molecule has 1 aliphatic rings. The maximum Gasteiger partial charge on any atom is 0.239 e. The van der Waals surface area contributed by atoms with Crippen LogP contribution in [0.5, 0.6) is 0 Å². The zero-order valence-corrected chi connectivity index (χ0v) is 14.5. The minimum absolute atomic E-state index is 0. The Balaban J connectivity index is 0.00000132. The molecule has 2 atom stereocenters. The number of fused-ring (bicyclic) bond motifs is 1. The quantitative estimate of drug-likeness (QED) is 0.770. The number of benzene rings is 1. The third kappa shape index (κ3) is 4.81. The summed E-state index contributed by atoms with van der Waals surface area (Å²) >= 11 is 0. The standard InChI is InChI=1S/C15H20N4O2.2ClH/c1-10-14(16-8-9-21-10)15(20)17-7-6-13-18-11-4-2-3-5-12(11)19-13;;/h2-5,10,14,16H,6-9H2,1H3,(H,17,20)(H,18,19);2*1H/t10-,14+;;/m1../s1. The molecule has 3 rings (SSSR count). The van der Waals surface area contributed by atoms with Gasteiger partial charge in [-0.2, -0.15) is 0 Å². The van der Waals surface area contributed by atoms with E-state index in [9.17, 15) is 4.79 Å². The Morgan fingerprint density at radius 3 is 2.91 bits per heavy atom. The minimum Gasteiger partial charge on any atom is -0.375 e. The third-order valence-corrected chi connectivity index (χ3v) is 3.70. The van der Waals surface area contributed by atoms with Crippen molar-refractivity contribution < 1.29 is 9.53 Å². The number of para-hydroxylation sites is 2. The van der Waals surface area contributed by atoms with Crippen molar-refractivity contribution in [3.8, 4) is 0 Å². The molecule has 128 valence electrons. The summed E-state index contributed by atoms with van der Waals surface area (Å²) in [5, 5.41) is 6.11. The molecule has 0 spiro atoms. The smallest absolute Gasteiger partial charge is 0.239 e. The number of hydrogen-bond donors (Lipinski definition) is 3. The Morgan fingerprint density at radius 1 is 1.39 bits per heavy atom. The highest BCUT2D eigenvalue weighted by atomic mass is 35.5. The number of carbonyl (C=O) groups is 1. The van der Waals surface area contributed by atoms with Crippen molar-refractivity contribution in [2.45, 2.75) is 25.5 Å². The van der Waals surface area contributed by atoms with E-state index in [0.29, 0.717) is 26.1 Å². The topological polar surface area (TPSA) is 79.0 Å². The number of carbonyl (C=O) groups excluding carboxylic acids is 1. The van der Waals surface area contributed by atoms with Crippen LogP contribution in [-0.4, -0.2) is 47.7 Å². The summed E-state index contributed by atoms with van der Waals surface area (Å²) in [6, 6.07) is 7.64. The summed E-state index contributed by atoms with van der Waals surface area (Å²) in [5.74, 6) is 0.871. The van der Waals surface area contributed by atoms with Crippen molar-refractivity contribution >= 4 is 41.8 Å². The largest absolute Gasteiger partial charge is 0.375 e. The Kier molecular flexibility index (Phi) is 7.78. The fourth-order valence-corrected chi connectivity index (χ4v) is 2.57. The number of ether oxygens (including phenoxy) is 1. The molecule has 2 aromatic rings. The number of aromatic nitrogens is 2. The average Bonchev–Trinajstić information content (AvgIpc) is 2.90. The summed E-state index contributed by atoms with van der Waals surface area (Å²) in [5.41, 5.74) is 1.98. The van der Waals surface area contributed by atoms with Crippen molar-refractivity contribution in [2.24, 2.45) is 0 Å². The lowest BCUT2D eigenvalue weighted by molar-refractivity contribution is -0.128. The van der Waals surface area contributed by atoms with E-state index in [1.165, 1.54) is 0 Å². The molecule has 23 heavy (non-hydrogen) atoms. The molecule has 1 aliphatic heterocycles. The minimum atomic E-state index is -0.269. The Hall–Kier alpha value is -1.34. The summed E-state index contributed by atoms with van der Waals surface area (Å²) in [6.45, 7) is 3.84. The highest BCUT2D eigenvalue weighted by Gasteiger charge is 2.27. The Bertz CT molecular complexity index is 602. The molecule has 1 saturated heterocycles. The normalized spacial score (nSPS) is 20.4. The Labute approximate surface area is 147 Å². The van der Waals surface area contributed by atoms with Gasteiger partial charge in [-0.15, -0.1) is 24.8 Å². The van der Waals surface area contributed by atoms with Crippen LogP contribution in [0, 0.1) is 0 Å². The first-order valence-corrected chi connectivity index (χ1v) is 7.30. The van der Waals surface area contributed by atoms with E-state index in [1.54, 1.807) is 0 Å². The van der Waals surface area contributed by atoms with E-state index >= 15 is 0 Å². The fourth-order valence-electron chi connectivity index (χ4n) is 2.57. The summed E-state index contributed by atoms with van der Waals surface area (Å²) < 4.78 is 5.47. The molecule has 8 heteroatoms. The lowest BCUT2D eigenvalue weighted by atomic mass is 10.1. The van der Waals surface area contributed by atoms with Crippen LogP contribution in [0.25, 0.3) is 11.0 Å². The summed E-state index contributed by atoms with van der Waals surface area (Å²) in [7, 11) is 0. The molecule has 6 nitrogen and oxygen atoms in total. The molecule has 1 fully saturated rings. The van der Waals surface area contributed by atoms with E-state index < -0.39 is 0 Å². The van der Waals surface area contributed by atoms with Gasteiger partial charge in [0.25, 0.3) is 0 Å². The molecule has 0 aliphatic carbocycles. The molecule has 1 aromatic heterocycles. The number of nitrogens with zero attached hydrogens (tertiary/aromatic N) is 1. The average molecular weight is 361 g/mol. The van der Waals surface area contributed by atoms with Gasteiger partial charge in [0.2, 0.25) is 5.91 Å². The van der Waals surface area contributed by atoms with Crippen molar-refractivity contribution in [2.75, 3.05) is 19.7 Å². The SMILES string of the molecule is C[C@H]1OCCN[C@@H]1C(=O)NCCc1nc2ccccc2[nH]1.Cl.Cl. The van der Waals surface area contributed by atoms with E-state index in [-0.39, 0.29) is 42.9 Å². The molecule has 0 unspecified atom stereocenters. The zero-order valence-electron chi connectivity index (χ0n) is 12.9. The Morgan fingerprint density at radius 2 is 2.17 bits per heavy atom. The number of aromatic amines is 1. The van der Waals surface area contributed by atoms with E-state index in [2.05, 4.69) is 20.6 Å². The highest BCUT2D eigenvalue weighted by Crippen LogP contribution is 2.10. The fraction of sp³-hybridized carbons (Fsp3) is 0.467. The van der Waals surface area contributed by atoms with Crippen LogP contribution < -0.4 is 10.6 Å². The summed E-state index contributed by atoms with van der Waals surface area (Å²) in [6.07, 6.45) is 0.590. The number of amides is 1. The predicted octanol–water partition coefficient (Wildman–Crippen LogP) is 1.44. The molecule has 0 bridgehead atoms. The van der Waals surface area contributed by atoms with Crippen molar-refractivity contribution in [3.63, 3.8) is 0 Å². The van der Waals surface area contributed by atoms with E-state index in [0.717, 1.165) is 16.9 Å². The lowest BCUT2D eigenvalue weighted by Gasteiger charge is -2.29. The van der Waals surface area contributed by atoms with Gasteiger partial charge in [-0.1, -0.05) is 12.1 Å². The van der Waals surface area contributed by atoms with Crippen molar-refractivity contribution in [3.05, 3.63) is 30.1 Å². The molecule has 0 radical (unpaired) electrons. The molecule has 1 amide bonds. The maximum absolute atomic E-state index is 12.1. The van der Waals surface area contributed by atoms with E-state index in [1.807, 2.05) is 31.2 Å². The molecule has 2 heterocycles. The molecule has 1 aromatic carbocycles. The molecular weight excluding hydrogens is 339 g/mol. The van der Waals surface area contributed by atoms with Crippen LogP contribution in [0.3, 0.4) is 0 Å². The van der Waals surface area contributed by atoms with Gasteiger partial charge in [0.15, 0.2) is 0 Å². The van der Waals surface area contributed by atoms with Crippen LogP contribution >= 0.6 is 24.8 Å². The molecule has 0 saturated carbocycles. The number of H-pyrrole nitrogens is 1. The summed E-state index contributed by atoms with van der Waals surface area (Å²) in [4.78, 5) is 19.8. The van der Waals surface area contributed by atoms with E-state index in [4.69, 9.17) is 4.74 Å². The second-order valence-corrected chi connectivity index (χ2v) is 5.25. The first-order chi connectivity index (χ1) is 10.2. The second kappa shape index (κ2) is 9.08. The first kappa shape index (κ1) is 19.7. The van der Waals surface area contributed by atoms with Crippen LogP contribution in [0.15, 0.2) is 24.3 Å². The van der Waals surface area contributed by atoms with Crippen LogP contribution in [0.4, 0.5) is 0 Å². The van der Waals surface area contributed by atoms with Crippen LogP contribution in [0.1, 0.15) is 12.7 Å². The maximum atomic E-state index is 12.1. The van der Waals surface area contributed by atoms with Gasteiger partial charge in [0, 0.05) is 19.5 Å². The van der Waals surface area contributed by atoms with Gasteiger partial charge in [0.05, 0.1) is 23.7 Å². The number of hydrogen-bond acceptors (Lipinski definition) is 4. The number of halogens is 2. The van der Waals surface area contributed by atoms with Gasteiger partial charge < -0.3 is 20.4 Å². The third-order valence-electron chi connectivity index (χ3n) is 3.70. The molecule has 3 N–H and O–H groups in total. The number of imidazole rings is 1. The van der Waals surface area contributed by atoms with Crippen LogP contribution in [-0.2, 0) is 16.0 Å². The molecular formula is C15H22Cl2N4O2. The van der Waals surface area contributed by atoms with Crippen molar-refractivity contribution in [1.82, 2.24) is 20.6 Å². The van der Waals surface area contributed by atoms with Gasteiger partial charge in [0.1, 0.15) is 11.9 Å². The zero-order chi connectivity index (χ0) is 14.7. The van der Waals surface area contributed by atoms with Gasteiger partial charge in [-0.05, 0) is 19.1 Å².